The van der Waals surface area contributed by atoms with E-state index in [4.69, 9.17) is 16.3 Å². The minimum absolute atomic E-state index is 0.0570. The van der Waals surface area contributed by atoms with Crippen LogP contribution in [0.2, 0.25) is 5.02 Å². The number of halogens is 1. The molecule has 27 heavy (non-hydrogen) atoms. The summed E-state index contributed by atoms with van der Waals surface area (Å²) >= 11 is 6.13. The summed E-state index contributed by atoms with van der Waals surface area (Å²) in [4.78, 5) is 27.4. The third kappa shape index (κ3) is 4.18. The minimum atomic E-state index is -4.01. The van der Waals surface area contributed by atoms with E-state index in [2.05, 4.69) is 10.2 Å². The predicted octanol–water partition coefficient (Wildman–Crippen LogP) is 0.0654. The largest absolute Gasteiger partial charge is 0.482 e. The van der Waals surface area contributed by atoms with Gasteiger partial charge in [-0.25, -0.2) is 8.42 Å². The second kappa shape index (κ2) is 7.63. The summed E-state index contributed by atoms with van der Waals surface area (Å²) in [5.74, 6) is -0.382. The Morgan fingerprint density at radius 2 is 1.96 bits per heavy atom. The molecule has 1 aromatic rings. The van der Waals surface area contributed by atoms with Crippen LogP contribution in [0, 0.1) is 0 Å². The SMILES string of the molecule is CN1CCN(C(=O)CN(C)S(=O)(=O)c2cc3c(cc2Cl)NC(=O)CO3)CC1. The first-order valence-electron chi connectivity index (χ1n) is 8.37. The molecule has 0 spiro atoms. The third-order valence-electron chi connectivity index (χ3n) is 4.57. The molecular formula is C16H21ClN4O5S. The van der Waals surface area contributed by atoms with Crippen LogP contribution in [0.1, 0.15) is 0 Å². The van der Waals surface area contributed by atoms with Crippen LogP contribution >= 0.6 is 11.6 Å². The standard InChI is InChI=1S/C16H21ClN4O5S/c1-19-3-5-21(6-4-19)16(23)9-20(2)27(24,25)14-8-13-12(7-11(14)17)18-15(22)10-26-13/h7-8H,3-6,9-10H2,1-2H3,(H,18,22). The fourth-order valence-electron chi connectivity index (χ4n) is 2.88. The Morgan fingerprint density at radius 3 is 2.63 bits per heavy atom. The molecule has 2 aliphatic heterocycles. The Kier molecular flexibility index (Phi) is 5.61. The summed E-state index contributed by atoms with van der Waals surface area (Å²) in [5.41, 5.74) is 0.311. The molecule has 2 amide bonds. The molecule has 0 unspecified atom stereocenters. The van der Waals surface area contributed by atoms with Crippen molar-refractivity contribution >= 4 is 39.1 Å². The van der Waals surface area contributed by atoms with Gasteiger partial charge in [0.25, 0.3) is 5.91 Å². The lowest BCUT2D eigenvalue weighted by molar-refractivity contribution is -0.132. The molecule has 11 heteroatoms. The zero-order valence-electron chi connectivity index (χ0n) is 15.1. The van der Waals surface area contributed by atoms with Gasteiger partial charge in [0.05, 0.1) is 17.3 Å². The van der Waals surface area contributed by atoms with E-state index in [1.54, 1.807) is 4.90 Å². The van der Waals surface area contributed by atoms with Gasteiger partial charge in [-0.15, -0.1) is 0 Å². The normalized spacial score (nSPS) is 18.1. The molecule has 2 heterocycles. The van der Waals surface area contributed by atoms with Crippen molar-refractivity contribution in [3.63, 3.8) is 0 Å². The molecule has 0 radical (unpaired) electrons. The van der Waals surface area contributed by atoms with E-state index < -0.39 is 10.0 Å². The highest BCUT2D eigenvalue weighted by Crippen LogP contribution is 2.36. The molecule has 1 fully saturated rings. The molecule has 0 bridgehead atoms. The van der Waals surface area contributed by atoms with Crippen LogP contribution in [0.5, 0.6) is 5.75 Å². The number of rotatable bonds is 4. The summed E-state index contributed by atoms with van der Waals surface area (Å²) in [6.45, 7) is 2.15. The second-order valence-electron chi connectivity index (χ2n) is 6.56. The van der Waals surface area contributed by atoms with Gasteiger partial charge < -0.3 is 19.9 Å². The highest BCUT2D eigenvalue weighted by atomic mass is 35.5. The maximum atomic E-state index is 12.9. The van der Waals surface area contributed by atoms with E-state index in [0.717, 1.165) is 17.4 Å². The summed E-state index contributed by atoms with van der Waals surface area (Å²) in [5, 5.41) is 2.51. The molecule has 0 aromatic heterocycles. The Hall–Kier alpha value is -1.88. The predicted molar refractivity (Wildman–Crippen MR) is 99.5 cm³/mol. The highest BCUT2D eigenvalue weighted by Gasteiger charge is 2.30. The molecule has 148 valence electrons. The lowest BCUT2D eigenvalue weighted by Crippen LogP contribution is -2.50. The number of benzene rings is 1. The van der Waals surface area contributed by atoms with Crippen molar-refractivity contribution in [2.75, 3.05) is 58.7 Å². The van der Waals surface area contributed by atoms with Crippen molar-refractivity contribution in [1.29, 1.82) is 0 Å². The number of nitrogens with one attached hydrogen (secondary N) is 1. The van der Waals surface area contributed by atoms with Crippen molar-refractivity contribution in [2.24, 2.45) is 0 Å². The van der Waals surface area contributed by atoms with E-state index in [-0.39, 0.29) is 40.6 Å². The van der Waals surface area contributed by atoms with E-state index in [1.165, 1.54) is 19.2 Å². The smallest absolute Gasteiger partial charge is 0.262 e. The molecule has 0 aliphatic carbocycles. The minimum Gasteiger partial charge on any atom is -0.482 e. The molecule has 0 saturated carbocycles. The van der Waals surface area contributed by atoms with Gasteiger partial charge in [-0.1, -0.05) is 11.6 Å². The Labute approximate surface area is 162 Å². The van der Waals surface area contributed by atoms with Crippen LogP contribution < -0.4 is 10.1 Å². The Morgan fingerprint density at radius 1 is 1.30 bits per heavy atom. The average Bonchev–Trinajstić information content (AvgIpc) is 2.61. The molecule has 0 atom stereocenters. The van der Waals surface area contributed by atoms with Gasteiger partial charge >= 0.3 is 0 Å². The van der Waals surface area contributed by atoms with Crippen LogP contribution in [-0.2, 0) is 19.6 Å². The van der Waals surface area contributed by atoms with Crippen LogP contribution in [0.3, 0.4) is 0 Å². The summed E-state index contributed by atoms with van der Waals surface area (Å²) in [7, 11) is -0.702. The molecule has 1 saturated heterocycles. The number of piperazine rings is 1. The van der Waals surface area contributed by atoms with Gasteiger partial charge in [-0.2, -0.15) is 4.31 Å². The zero-order chi connectivity index (χ0) is 19.8. The fraction of sp³-hybridized carbons (Fsp3) is 0.500. The first-order chi connectivity index (χ1) is 12.7. The van der Waals surface area contributed by atoms with Crippen molar-refractivity contribution in [2.45, 2.75) is 4.90 Å². The van der Waals surface area contributed by atoms with Gasteiger partial charge in [0, 0.05) is 39.3 Å². The van der Waals surface area contributed by atoms with Crippen molar-refractivity contribution in [3.8, 4) is 5.75 Å². The highest BCUT2D eigenvalue weighted by molar-refractivity contribution is 7.89. The van der Waals surface area contributed by atoms with Gasteiger partial charge in [-0.05, 0) is 13.1 Å². The van der Waals surface area contributed by atoms with Crippen LogP contribution in [0.4, 0.5) is 5.69 Å². The van der Waals surface area contributed by atoms with Gasteiger partial charge in [0.2, 0.25) is 15.9 Å². The number of sulfonamides is 1. The van der Waals surface area contributed by atoms with Crippen LogP contribution in [0.25, 0.3) is 0 Å². The van der Waals surface area contributed by atoms with Gasteiger partial charge in [0.1, 0.15) is 10.6 Å². The monoisotopic (exact) mass is 416 g/mol. The number of carbonyl (C=O) groups excluding carboxylic acids is 2. The maximum Gasteiger partial charge on any atom is 0.262 e. The van der Waals surface area contributed by atoms with Crippen molar-refractivity contribution in [1.82, 2.24) is 14.1 Å². The van der Waals surface area contributed by atoms with E-state index in [1.807, 2.05) is 7.05 Å². The van der Waals surface area contributed by atoms with Gasteiger partial charge in [0.15, 0.2) is 6.61 Å². The zero-order valence-corrected chi connectivity index (χ0v) is 16.6. The van der Waals surface area contributed by atoms with E-state index >= 15 is 0 Å². The molecular weight excluding hydrogens is 396 g/mol. The van der Waals surface area contributed by atoms with Crippen LogP contribution in [0.15, 0.2) is 17.0 Å². The number of ether oxygens (including phenoxy) is 1. The number of nitrogens with zero attached hydrogens (tertiary/aromatic N) is 3. The molecule has 3 rings (SSSR count). The Balaban J connectivity index is 1.77. The Bertz CT molecular complexity index is 868. The number of hydrogen-bond donors (Lipinski definition) is 1. The number of fused-ring (bicyclic) bond motifs is 1. The van der Waals surface area contributed by atoms with Crippen LogP contribution in [-0.4, -0.2) is 87.8 Å². The first-order valence-corrected chi connectivity index (χ1v) is 10.2. The molecule has 1 aromatic carbocycles. The first kappa shape index (κ1) is 19.9. The number of carbonyl (C=O) groups is 2. The summed E-state index contributed by atoms with van der Waals surface area (Å²) in [6.07, 6.45) is 0. The fourth-order valence-corrected chi connectivity index (χ4v) is 4.51. The summed E-state index contributed by atoms with van der Waals surface area (Å²) in [6, 6.07) is 2.60. The second-order valence-corrected chi connectivity index (χ2v) is 8.98. The number of likely N-dealkylation sites (N-methyl/N-ethyl adjacent to an activating group) is 2. The molecule has 2 aliphatic rings. The number of hydrogen-bond acceptors (Lipinski definition) is 6. The molecule has 9 nitrogen and oxygen atoms in total. The van der Waals surface area contributed by atoms with Crippen molar-refractivity contribution < 1.29 is 22.7 Å². The third-order valence-corrected chi connectivity index (χ3v) is 6.84. The quantitative estimate of drug-likeness (QED) is 0.745. The van der Waals surface area contributed by atoms with Gasteiger partial charge in [-0.3, -0.25) is 9.59 Å². The van der Waals surface area contributed by atoms with E-state index in [9.17, 15) is 18.0 Å². The van der Waals surface area contributed by atoms with Crippen molar-refractivity contribution in [3.05, 3.63) is 17.2 Å². The average molecular weight is 417 g/mol. The molecule has 1 N–H and O–H groups in total. The summed E-state index contributed by atoms with van der Waals surface area (Å²) < 4.78 is 32.0. The topological polar surface area (TPSA) is 99.3 Å². The maximum absolute atomic E-state index is 12.9. The number of amides is 2. The van der Waals surface area contributed by atoms with E-state index in [0.29, 0.717) is 18.8 Å². The number of anilines is 1. The lowest BCUT2D eigenvalue weighted by Gasteiger charge is -2.33. The lowest BCUT2D eigenvalue weighted by atomic mass is 10.2.